The summed E-state index contributed by atoms with van der Waals surface area (Å²) in [4.78, 5) is 48.5. The normalized spacial score (nSPS) is 26.3. The minimum atomic E-state index is -4.32. The highest BCUT2D eigenvalue weighted by molar-refractivity contribution is 7.53. The molecular weight excluding hydrogens is 465 g/mol. The zero-order valence-electron chi connectivity index (χ0n) is 18.4. The fourth-order valence-electron chi connectivity index (χ4n) is 3.12. The SMILES string of the molecule is CC(=O)Nc1nc(=O)n(C2O[C@H](CC(C)OP(=O)(O)C(C)O)[C@@H](O)[C@H]2O)cc1COC(C)=O. The molecule has 33 heavy (non-hydrogen) atoms. The molecule has 4 unspecified atom stereocenters. The summed E-state index contributed by atoms with van der Waals surface area (Å²) in [6.45, 7) is 4.51. The van der Waals surface area contributed by atoms with Crippen LogP contribution < -0.4 is 11.0 Å². The Kier molecular flexibility index (Phi) is 8.88. The van der Waals surface area contributed by atoms with E-state index in [2.05, 4.69) is 10.3 Å². The highest BCUT2D eigenvalue weighted by atomic mass is 31.2. The number of amides is 1. The predicted molar refractivity (Wildman–Crippen MR) is 111 cm³/mol. The van der Waals surface area contributed by atoms with Gasteiger partial charge in [0, 0.05) is 32.0 Å². The number of rotatable bonds is 9. The number of carbonyl (C=O) groups is 2. The van der Waals surface area contributed by atoms with E-state index in [1.54, 1.807) is 0 Å². The van der Waals surface area contributed by atoms with E-state index in [1.807, 2.05) is 0 Å². The summed E-state index contributed by atoms with van der Waals surface area (Å²) >= 11 is 0. The van der Waals surface area contributed by atoms with Gasteiger partial charge in [-0.3, -0.25) is 18.7 Å². The van der Waals surface area contributed by atoms with Gasteiger partial charge < -0.3 is 39.5 Å². The number of anilines is 1. The lowest BCUT2D eigenvalue weighted by Gasteiger charge is -2.23. The van der Waals surface area contributed by atoms with Crippen molar-refractivity contribution in [3.05, 3.63) is 22.2 Å². The predicted octanol–water partition coefficient (Wildman–Crippen LogP) is -0.797. The van der Waals surface area contributed by atoms with Gasteiger partial charge in [0.25, 0.3) is 0 Å². The molecule has 7 atom stereocenters. The summed E-state index contributed by atoms with van der Waals surface area (Å²) in [5.41, 5.74) is -0.802. The van der Waals surface area contributed by atoms with Crippen LogP contribution in [0.1, 0.15) is 45.9 Å². The second-order valence-electron chi connectivity index (χ2n) is 7.66. The van der Waals surface area contributed by atoms with E-state index in [0.717, 1.165) is 11.5 Å². The quantitative estimate of drug-likeness (QED) is 0.212. The van der Waals surface area contributed by atoms with Gasteiger partial charge in [-0.2, -0.15) is 4.98 Å². The molecule has 1 aromatic rings. The average Bonchev–Trinajstić information content (AvgIpc) is 2.94. The number of aromatic nitrogens is 2. The topological polar surface area (TPSA) is 207 Å². The second kappa shape index (κ2) is 10.8. The molecule has 0 bridgehead atoms. The molecule has 0 aromatic carbocycles. The Bertz CT molecular complexity index is 982. The molecule has 1 aliphatic rings. The summed E-state index contributed by atoms with van der Waals surface area (Å²) in [6.07, 6.45) is -5.54. The molecule has 0 saturated carbocycles. The maximum absolute atomic E-state index is 12.5. The molecule has 1 amide bonds. The lowest BCUT2D eigenvalue weighted by atomic mass is 10.1. The molecular formula is C18H28N3O11P. The molecule has 15 heteroatoms. The Morgan fingerprint density at radius 2 is 1.94 bits per heavy atom. The van der Waals surface area contributed by atoms with Crippen LogP contribution in [0.25, 0.3) is 0 Å². The fourth-order valence-corrected chi connectivity index (χ4v) is 3.90. The van der Waals surface area contributed by atoms with Crippen LogP contribution in [0.4, 0.5) is 5.82 Å². The highest BCUT2D eigenvalue weighted by Crippen LogP contribution is 2.48. The Labute approximate surface area is 188 Å². The number of carbonyl (C=O) groups excluding carboxylic acids is 2. The molecule has 1 aliphatic heterocycles. The zero-order chi connectivity index (χ0) is 25.1. The van der Waals surface area contributed by atoms with Crippen LogP contribution in [0.15, 0.2) is 11.0 Å². The van der Waals surface area contributed by atoms with E-state index in [4.69, 9.17) is 14.0 Å². The fraction of sp³-hybridized carbons (Fsp3) is 0.667. The van der Waals surface area contributed by atoms with Crippen molar-refractivity contribution in [3.63, 3.8) is 0 Å². The van der Waals surface area contributed by atoms with Gasteiger partial charge >= 0.3 is 19.3 Å². The molecule has 186 valence electrons. The lowest BCUT2D eigenvalue weighted by molar-refractivity contribution is -0.142. The first-order valence-electron chi connectivity index (χ1n) is 9.96. The molecule has 0 radical (unpaired) electrons. The van der Waals surface area contributed by atoms with E-state index in [-0.39, 0.29) is 24.4 Å². The summed E-state index contributed by atoms with van der Waals surface area (Å²) < 4.78 is 28.2. The number of ether oxygens (including phenoxy) is 2. The maximum atomic E-state index is 12.5. The first kappa shape index (κ1) is 27.1. The summed E-state index contributed by atoms with van der Waals surface area (Å²) in [6, 6.07) is 0. The van der Waals surface area contributed by atoms with Crippen LogP contribution >= 0.6 is 7.60 Å². The van der Waals surface area contributed by atoms with Gasteiger partial charge in [-0.25, -0.2) is 4.79 Å². The van der Waals surface area contributed by atoms with E-state index >= 15 is 0 Å². The van der Waals surface area contributed by atoms with E-state index in [9.17, 15) is 39.2 Å². The number of nitrogens with one attached hydrogen (secondary N) is 1. The first-order valence-corrected chi connectivity index (χ1v) is 11.6. The first-order chi connectivity index (χ1) is 15.2. The third kappa shape index (κ3) is 6.90. The third-order valence-corrected chi connectivity index (χ3v) is 6.34. The number of aliphatic hydroxyl groups excluding tert-OH is 3. The molecule has 0 aliphatic carbocycles. The van der Waals surface area contributed by atoms with Crippen LogP contribution in [0, 0.1) is 0 Å². The average molecular weight is 493 g/mol. The molecule has 0 spiro atoms. The largest absolute Gasteiger partial charge is 0.461 e. The molecule has 2 rings (SSSR count). The van der Waals surface area contributed by atoms with Crippen molar-refractivity contribution in [1.82, 2.24) is 9.55 Å². The van der Waals surface area contributed by atoms with Crippen LogP contribution in [0.2, 0.25) is 0 Å². The zero-order valence-corrected chi connectivity index (χ0v) is 19.3. The summed E-state index contributed by atoms with van der Waals surface area (Å²) in [5, 5.41) is 32.5. The standard InChI is InChI=1S/C18H28N3O11P/c1-8(32-33(28,29)11(4)24)5-13-14(25)15(26)17(31-13)21-6-12(7-30-10(3)23)16(19-9(2)22)20-18(21)27/h6,8,11,13-15,17,24-26H,5,7H2,1-4H3,(H,28,29)(H,19,20,22,27)/t8?,11?,13-,14-,15-,17?/m1/s1. The van der Waals surface area contributed by atoms with Crippen LogP contribution in [-0.2, 0) is 34.8 Å². The van der Waals surface area contributed by atoms with Gasteiger partial charge in [0.1, 0.15) is 24.6 Å². The summed E-state index contributed by atoms with van der Waals surface area (Å²) in [5.74, 6) is -2.92. The van der Waals surface area contributed by atoms with Crippen LogP contribution in [-0.4, -0.2) is 71.9 Å². The molecule has 1 fully saturated rings. The minimum Gasteiger partial charge on any atom is -0.461 e. The van der Waals surface area contributed by atoms with Crippen molar-refractivity contribution in [3.8, 4) is 0 Å². The van der Waals surface area contributed by atoms with Gasteiger partial charge in [0.05, 0.1) is 12.2 Å². The summed E-state index contributed by atoms with van der Waals surface area (Å²) in [7, 11) is -4.32. The van der Waals surface area contributed by atoms with Crippen molar-refractivity contribution >= 4 is 25.3 Å². The van der Waals surface area contributed by atoms with E-state index < -0.39 is 61.7 Å². The van der Waals surface area contributed by atoms with Crippen molar-refractivity contribution in [2.75, 3.05) is 5.32 Å². The number of esters is 1. The number of hydrogen-bond donors (Lipinski definition) is 5. The number of nitrogens with zero attached hydrogens (tertiary/aromatic N) is 2. The van der Waals surface area contributed by atoms with Crippen molar-refractivity contribution in [2.45, 2.75) is 77.2 Å². The van der Waals surface area contributed by atoms with Gasteiger partial charge in [-0.1, -0.05) is 0 Å². The van der Waals surface area contributed by atoms with E-state index in [0.29, 0.717) is 0 Å². The monoisotopic (exact) mass is 493 g/mol. The molecule has 2 heterocycles. The minimum absolute atomic E-state index is 0.128. The molecule has 1 saturated heterocycles. The Morgan fingerprint density at radius 3 is 2.48 bits per heavy atom. The third-order valence-electron chi connectivity index (χ3n) is 4.73. The van der Waals surface area contributed by atoms with Crippen molar-refractivity contribution in [1.29, 1.82) is 0 Å². The van der Waals surface area contributed by atoms with Gasteiger partial charge in [0.2, 0.25) is 5.91 Å². The van der Waals surface area contributed by atoms with Crippen LogP contribution in [0.3, 0.4) is 0 Å². The van der Waals surface area contributed by atoms with Gasteiger partial charge in [-0.05, 0) is 13.8 Å². The highest BCUT2D eigenvalue weighted by Gasteiger charge is 2.45. The molecule has 14 nitrogen and oxygen atoms in total. The number of aliphatic hydroxyl groups is 3. The molecule has 5 N–H and O–H groups in total. The molecule has 1 aromatic heterocycles. The Hall–Kier alpha value is -2.19. The maximum Gasteiger partial charge on any atom is 0.356 e. The van der Waals surface area contributed by atoms with Crippen molar-refractivity contribution < 1.29 is 48.4 Å². The van der Waals surface area contributed by atoms with Crippen LogP contribution in [0.5, 0.6) is 0 Å². The smallest absolute Gasteiger partial charge is 0.356 e. The number of hydrogen-bond acceptors (Lipinski definition) is 11. The van der Waals surface area contributed by atoms with Gasteiger partial charge in [-0.15, -0.1) is 0 Å². The lowest BCUT2D eigenvalue weighted by Crippen LogP contribution is -2.36. The second-order valence-corrected chi connectivity index (χ2v) is 9.75. The Morgan fingerprint density at radius 1 is 1.30 bits per heavy atom. The van der Waals surface area contributed by atoms with Gasteiger partial charge in [0.15, 0.2) is 12.1 Å². The van der Waals surface area contributed by atoms with Crippen molar-refractivity contribution in [2.24, 2.45) is 0 Å². The van der Waals surface area contributed by atoms with E-state index in [1.165, 1.54) is 27.0 Å². The Balaban J connectivity index is 2.27.